The molecular formula is C16H19F3N2O3. The molecule has 5 nitrogen and oxygen atoms in total. The lowest BCUT2D eigenvalue weighted by molar-refractivity contribution is -0.149. The van der Waals surface area contributed by atoms with E-state index in [1.807, 2.05) is 0 Å². The van der Waals surface area contributed by atoms with Crippen LogP contribution in [0.4, 0.5) is 18.0 Å². The van der Waals surface area contributed by atoms with E-state index in [0.29, 0.717) is 12.8 Å². The molecule has 0 aliphatic carbocycles. The van der Waals surface area contributed by atoms with Crippen molar-refractivity contribution in [3.63, 3.8) is 0 Å². The summed E-state index contributed by atoms with van der Waals surface area (Å²) in [7, 11) is 0. The van der Waals surface area contributed by atoms with Gasteiger partial charge in [-0.2, -0.15) is 13.2 Å². The number of rotatable bonds is 4. The van der Waals surface area contributed by atoms with Crippen LogP contribution in [-0.2, 0) is 4.79 Å². The number of carbonyl (C=O) groups excluding carboxylic acids is 1. The Hall–Kier alpha value is -2.25. The number of nitrogens with one attached hydrogen (secondary N) is 1. The van der Waals surface area contributed by atoms with Gasteiger partial charge < -0.3 is 15.3 Å². The number of piperidine rings is 1. The number of urea groups is 1. The van der Waals surface area contributed by atoms with Crippen molar-refractivity contribution in [1.29, 1.82) is 0 Å². The van der Waals surface area contributed by atoms with Crippen LogP contribution in [0.15, 0.2) is 30.3 Å². The number of amides is 2. The molecule has 132 valence electrons. The summed E-state index contributed by atoms with van der Waals surface area (Å²) in [5.74, 6) is -3.18. The van der Waals surface area contributed by atoms with Gasteiger partial charge in [-0.3, -0.25) is 4.79 Å². The predicted molar refractivity (Wildman–Crippen MR) is 80.6 cm³/mol. The minimum atomic E-state index is -4.47. The molecular weight excluding hydrogens is 325 g/mol. The average molecular weight is 344 g/mol. The summed E-state index contributed by atoms with van der Waals surface area (Å²) >= 11 is 0. The van der Waals surface area contributed by atoms with Crippen LogP contribution in [0.25, 0.3) is 0 Å². The zero-order valence-electron chi connectivity index (χ0n) is 12.9. The van der Waals surface area contributed by atoms with Gasteiger partial charge in [-0.15, -0.1) is 0 Å². The normalized spacial score (nSPS) is 17.4. The summed E-state index contributed by atoms with van der Waals surface area (Å²) in [6, 6.07) is 6.83. The Morgan fingerprint density at radius 3 is 2.29 bits per heavy atom. The van der Waals surface area contributed by atoms with E-state index in [9.17, 15) is 22.8 Å². The van der Waals surface area contributed by atoms with Crippen LogP contribution >= 0.6 is 0 Å². The molecule has 1 fully saturated rings. The lowest BCUT2D eigenvalue weighted by atomic mass is 9.97. The van der Waals surface area contributed by atoms with E-state index in [2.05, 4.69) is 5.32 Å². The number of hydrogen-bond donors (Lipinski definition) is 2. The second kappa shape index (κ2) is 7.55. The van der Waals surface area contributed by atoms with Gasteiger partial charge in [0, 0.05) is 19.6 Å². The Kier molecular flexibility index (Phi) is 5.69. The van der Waals surface area contributed by atoms with Crippen LogP contribution in [0.2, 0.25) is 0 Å². The molecule has 1 saturated heterocycles. The first-order valence-electron chi connectivity index (χ1n) is 7.66. The Labute approximate surface area is 137 Å². The first kappa shape index (κ1) is 18.1. The van der Waals surface area contributed by atoms with Crippen molar-refractivity contribution in [3.8, 4) is 0 Å². The molecule has 2 N–H and O–H groups in total. The van der Waals surface area contributed by atoms with E-state index >= 15 is 0 Å². The zero-order chi connectivity index (χ0) is 17.7. The third-order valence-corrected chi connectivity index (χ3v) is 4.19. The number of hydrogen-bond acceptors (Lipinski definition) is 2. The van der Waals surface area contributed by atoms with Crippen LogP contribution in [0, 0.1) is 5.92 Å². The minimum Gasteiger partial charge on any atom is -0.481 e. The number of likely N-dealkylation sites (tertiary alicyclic amines) is 1. The molecule has 1 atom stereocenters. The largest absolute Gasteiger partial charge is 0.481 e. The van der Waals surface area contributed by atoms with Crippen LogP contribution in [0.1, 0.15) is 24.3 Å². The number of nitrogens with zero attached hydrogens (tertiary/aromatic N) is 1. The van der Waals surface area contributed by atoms with E-state index in [4.69, 9.17) is 5.11 Å². The lowest BCUT2D eigenvalue weighted by Crippen LogP contribution is -2.47. The highest BCUT2D eigenvalue weighted by Crippen LogP contribution is 2.34. The van der Waals surface area contributed by atoms with E-state index in [-0.39, 0.29) is 18.7 Å². The third-order valence-electron chi connectivity index (χ3n) is 4.19. The lowest BCUT2D eigenvalue weighted by Gasteiger charge is -2.31. The average Bonchev–Trinajstić information content (AvgIpc) is 2.54. The highest BCUT2D eigenvalue weighted by atomic mass is 19.4. The third kappa shape index (κ3) is 4.62. The Balaban J connectivity index is 1.93. The van der Waals surface area contributed by atoms with Gasteiger partial charge in [0.05, 0.1) is 11.8 Å². The molecule has 1 aromatic carbocycles. The van der Waals surface area contributed by atoms with Gasteiger partial charge in [-0.25, -0.2) is 4.79 Å². The summed E-state index contributed by atoms with van der Waals surface area (Å²) < 4.78 is 39.6. The first-order valence-corrected chi connectivity index (χ1v) is 7.66. The van der Waals surface area contributed by atoms with Gasteiger partial charge in [0.25, 0.3) is 0 Å². The highest BCUT2D eigenvalue weighted by Gasteiger charge is 2.41. The van der Waals surface area contributed by atoms with Crippen molar-refractivity contribution in [2.45, 2.75) is 24.9 Å². The fraction of sp³-hybridized carbons (Fsp3) is 0.500. The van der Waals surface area contributed by atoms with E-state index in [1.165, 1.54) is 29.2 Å². The first-order chi connectivity index (χ1) is 11.3. The second-order valence-electron chi connectivity index (χ2n) is 5.79. The van der Waals surface area contributed by atoms with E-state index in [1.54, 1.807) is 6.07 Å². The number of carboxylic acid groups (broad SMARTS) is 1. The zero-order valence-corrected chi connectivity index (χ0v) is 12.9. The van der Waals surface area contributed by atoms with Crippen molar-refractivity contribution >= 4 is 12.0 Å². The topological polar surface area (TPSA) is 69.6 Å². The summed E-state index contributed by atoms with van der Waals surface area (Å²) in [4.78, 5) is 24.3. The molecule has 1 aliphatic heterocycles. The fourth-order valence-corrected chi connectivity index (χ4v) is 2.74. The Morgan fingerprint density at radius 1 is 1.21 bits per heavy atom. The number of benzene rings is 1. The molecule has 1 heterocycles. The van der Waals surface area contributed by atoms with Gasteiger partial charge in [0.2, 0.25) is 0 Å². The molecule has 8 heteroatoms. The fourth-order valence-electron chi connectivity index (χ4n) is 2.74. The van der Waals surface area contributed by atoms with Gasteiger partial charge in [-0.05, 0) is 18.4 Å². The summed E-state index contributed by atoms with van der Waals surface area (Å²) in [6.45, 7) is -0.0964. The standard InChI is InChI=1S/C16H19F3N2O3/c17-16(18,19)13(11-4-2-1-3-5-11)10-20-15(24)21-8-6-12(7-9-21)14(22)23/h1-5,12-13H,6-10H2,(H,20,24)(H,22,23). The SMILES string of the molecule is O=C(O)C1CCN(C(=O)NCC(c2ccccc2)C(F)(F)F)CC1. The molecule has 0 spiro atoms. The van der Waals surface area contributed by atoms with Gasteiger partial charge in [0.1, 0.15) is 0 Å². The molecule has 1 aromatic rings. The van der Waals surface area contributed by atoms with Crippen molar-refractivity contribution in [2.75, 3.05) is 19.6 Å². The molecule has 2 amide bonds. The summed E-state index contributed by atoms with van der Waals surface area (Å²) in [5, 5.41) is 11.2. The number of aliphatic carboxylic acids is 1. The maximum Gasteiger partial charge on any atom is 0.397 e. The Morgan fingerprint density at radius 2 is 1.79 bits per heavy atom. The van der Waals surface area contributed by atoms with Crippen molar-refractivity contribution in [2.24, 2.45) is 5.92 Å². The maximum absolute atomic E-state index is 13.2. The van der Waals surface area contributed by atoms with Crippen molar-refractivity contribution in [1.82, 2.24) is 10.2 Å². The number of carbonyl (C=O) groups is 2. The molecule has 0 aromatic heterocycles. The highest BCUT2D eigenvalue weighted by molar-refractivity contribution is 5.75. The van der Waals surface area contributed by atoms with Gasteiger partial charge in [0.15, 0.2) is 0 Å². The van der Waals surface area contributed by atoms with E-state index in [0.717, 1.165) is 0 Å². The molecule has 24 heavy (non-hydrogen) atoms. The summed E-state index contributed by atoms with van der Waals surface area (Å²) in [6.07, 6.45) is -3.85. The quantitative estimate of drug-likeness (QED) is 0.882. The minimum absolute atomic E-state index is 0.0925. The number of alkyl halides is 3. The number of halogens is 3. The van der Waals surface area contributed by atoms with Crippen LogP contribution < -0.4 is 5.32 Å². The molecule has 1 unspecified atom stereocenters. The van der Waals surface area contributed by atoms with Crippen LogP contribution in [0.5, 0.6) is 0 Å². The molecule has 2 rings (SSSR count). The Bertz CT molecular complexity index is 570. The van der Waals surface area contributed by atoms with Crippen molar-refractivity contribution < 1.29 is 27.9 Å². The monoisotopic (exact) mass is 344 g/mol. The smallest absolute Gasteiger partial charge is 0.397 e. The maximum atomic E-state index is 13.2. The molecule has 0 saturated carbocycles. The molecule has 0 bridgehead atoms. The van der Waals surface area contributed by atoms with Crippen LogP contribution in [-0.4, -0.2) is 47.8 Å². The number of carboxylic acids is 1. The van der Waals surface area contributed by atoms with Crippen LogP contribution in [0.3, 0.4) is 0 Å². The second-order valence-corrected chi connectivity index (χ2v) is 5.79. The van der Waals surface area contributed by atoms with Gasteiger partial charge >= 0.3 is 18.2 Å². The van der Waals surface area contributed by atoms with Crippen molar-refractivity contribution in [3.05, 3.63) is 35.9 Å². The van der Waals surface area contributed by atoms with Gasteiger partial charge in [-0.1, -0.05) is 30.3 Å². The van der Waals surface area contributed by atoms with E-state index < -0.39 is 36.6 Å². The molecule has 1 aliphatic rings. The summed E-state index contributed by atoms with van der Waals surface area (Å²) in [5.41, 5.74) is 0.0925. The predicted octanol–water partition coefficient (Wildman–Crippen LogP) is 2.84. The molecule has 0 radical (unpaired) electrons.